The highest BCUT2D eigenvalue weighted by atomic mass is 16.5. The minimum Gasteiger partial charge on any atom is -0.490 e. The number of likely N-dealkylation sites (N-methyl/N-ethyl adjacent to an activating group) is 2. The van der Waals surface area contributed by atoms with Crippen LogP contribution in [0.3, 0.4) is 0 Å². The molecule has 23 heavy (non-hydrogen) atoms. The third kappa shape index (κ3) is 3.75. The normalized spacial score (nSPS) is 15.6. The Balaban J connectivity index is 2.04. The van der Waals surface area contributed by atoms with Crippen molar-refractivity contribution in [1.29, 1.82) is 0 Å². The quantitative estimate of drug-likeness (QED) is 0.871. The van der Waals surface area contributed by atoms with Gasteiger partial charge in [-0.05, 0) is 38.8 Å². The van der Waals surface area contributed by atoms with E-state index in [1.54, 1.807) is 0 Å². The minimum atomic E-state index is -0.251. The number of benzene rings is 1. The van der Waals surface area contributed by atoms with E-state index in [4.69, 9.17) is 4.74 Å². The van der Waals surface area contributed by atoms with Crippen LogP contribution < -0.4 is 15.4 Å². The van der Waals surface area contributed by atoms with Crippen molar-refractivity contribution >= 4 is 11.9 Å². The Morgan fingerprint density at radius 2 is 2.04 bits per heavy atom. The molecule has 0 saturated heterocycles. The van der Waals surface area contributed by atoms with Crippen molar-refractivity contribution in [2.45, 2.75) is 33.7 Å². The van der Waals surface area contributed by atoms with E-state index in [1.807, 2.05) is 39.8 Å². The highest BCUT2D eigenvalue weighted by Crippen LogP contribution is 2.36. The van der Waals surface area contributed by atoms with Crippen LogP contribution >= 0.6 is 0 Å². The maximum atomic E-state index is 12.4. The third-order valence-electron chi connectivity index (χ3n) is 4.15. The fourth-order valence-electron chi connectivity index (χ4n) is 2.65. The number of nitrogens with one attached hydrogen (secondary N) is 2. The number of carbonyl (C=O) groups is 2. The fourth-order valence-corrected chi connectivity index (χ4v) is 2.65. The van der Waals surface area contributed by atoms with E-state index in [9.17, 15) is 9.59 Å². The van der Waals surface area contributed by atoms with Crippen LogP contribution in [0.4, 0.5) is 4.79 Å². The van der Waals surface area contributed by atoms with Gasteiger partial charge in [0.1, 0.15) is 18.9 Å². The average Bonchev–Trinajstić information content (AvgIpc) is 2.92. The number of hydrogen-bond donors (Lipinski definition) is 2. The summed E-state index contributed by atoms with van der Waals surface area (Å²) >= 11 is 0. The topological polar surface area (TPSA) is 70.7 Å². The summed E-state index contributed by atoms with van der Waals surface area (Å²) in [6.45, 7) is 9.27. The summed E-state index contributed by atoms with van der Waals surface area (Å²) in [4.78, 5) is 25.6. The van der Waals surface area contributed by atoms with Crippen LogP contribution in [0.5, 0.6) is 5.75 Å². The molecule has 1 aliphatic heterocycles. The summed E-state index contributed by atoms with van der Waals surface area (Å²) in [7, 11) is 0. The second kappa shape index (κ2) is 7.35. The van der Waals surface area contributed by atoms with Crippen LogP contribution in [0.2, 0.25) is 0 Å². The Morgan fingerprint density at radius 1 is 1.30 bits per heavy atom. The Labute approximate surface area is 137 Å². The second-order valence-corrected chi connectivity index (χ2v) is 5.71. The first-order valence-electron chi connectivity index (χ1n) is 8.02. The van der Waals surface area contributed by atoms with Gasteiger partial charge in [0.25, 0.3) is 0 Å². The molecular formula is C17H25N3O3. The minimum absolute atomic E-state index is 0.0591. The Kier molecular flexibility index (Phi) is 5.47. The van der Waals surface area contributed by atoms with Crippen molar-refractivity contribution in [2.24, 2.45) is 0 Å². The van der Waals surface area contributed by atoms with Crippen LogP contribution in [-0.4, -0.2) is 43.1 Å². The number of fused-ring (bicyclic) bond motifs is 1. The van der Waals surface area contributed by atoms with Crippen molar-refractivity contribution in [2.75, 3.05) is 26.2 Å². The molecule has 6 heteroatoms. The second-order valence-electron chi connectivity index (χ2n) is 5.71. The van der Waals surface area contributed by atoms with Gasteiger partial charge in [0.05, 0.1) is 6.04 Å². The van der Waals surface area contributed by atoms with Gasteiger partial charge in [-0.2, -0.15) is 0 Å². The van der Waals surface area contributed by atoms with Gasteiger partial charge in [-0.1, -0.05) is 12.1 Å². The number of carbonyl (C=O) groups excluding carboxylic acids is 2. The molecule has 1 aromatic carbocycles. The van der Waals surface area contributed by atoms with E-state index in [1.165, 1.54) is 10.5 Å². The van der Waals surface area contributed by atoms with Gasteiger partial charge in [-0.25, -0.2) is 4.79 Å². The zero-order valence-corrected chi connectivity index (χ0v) is 14.2. The van der Waals surface area contributed by atoms with Gasteiger partial charge in [0, 0.05) is 18.7 Å². The molecule has 126 valence electrons. The fraction of sp³-hybridized carbons (Fsp3) is 0.529. The number of urea groups is 1. The Morgan fingerprint density at radius 3 is 2.70 bits per heavy atom. The van der Waals surface area contributed by atoms with Gasteiger partial charge in [-0.15, -0.1) is 0 Å². The largest absolute Gasteiger partial charge is 0.490 e. The lowest BCUT2D eigenvalue weighted by Crippen LogP contribution is -2.46. The van der Waals surface area contributed by atoms with Gasteiger partial charge in [-0.3, -0.25) is 4.79 Å². The molecule has 2 rings (SSSR count). The number of amides is 3. The van der Waals surface area contributed by atoms with Crippen LogP contribution in [0, 0.1) is 13.8 Å². The Hall–Kier alpha value is -2.24. The summed E-state index contributed by atoms with van der Waals surface area (Å²) in [6, 6.07) is 3.60. The van der Waals surface area contributed by atoms with Crippen LogP contribution in [0.15, 0.2) is 12.1 Å². The van der Waals surface area contributed by atoms with Gasteiger partial charge in [0.15, 0.2) is 0 Å². The zero-order valence-electron chi connectivity index (χ0n) is 14.2. The summed E-state index contributed by atoms with van der Waals surface area (Å²) in [6.07, 6.45) is 0. The molecule has 6 nitrogen and oxygen atoms in total. The molecule has 0 radical (unpaired) electrons. The molecule has 1 aliphatic rings. The van der Waals surface area contributed by atoms with Crippen LogP contribution in [-0.2, 0) is 4.79 Å². The highest BCUT2D eigenvalue weighted by molar-refractivity contribution is 5.84. The van der Waals surface area contributed by atoms with Crippen molar-refractivity contribution < 1.29 is 14.3 Å². The lowest BCUT2D eigenvalue weighted by molar-refractivity contribution is -0.121. The summed E-state index contributed by atoms with van der Waals surface area (Å²) in [5.74, 6) is 0.709. The highest BCUT2D eigenvalue weighted by Gasteiger charge is 2.29. The third-order valence-corrected chi connectivity index (χ3v) is 4.15. The first-order chi connectivity index (χ1) is 11.0. The molecule has 0 saturated carbocycles. The predicted octanol–water partition coefficient (Wildman–Crippen LogP) is 1.90. The van der Waals surface area contributed by atoms with E-state index in [0.717, 1.165) is 16.9 Å². The number of rotatable bonds is 5. The SMILES string of the molecule is CCNC(=O)CN(CC)C(=O)N[C@H]1COc2c1ccc(C)c2C. The summed E-state index contributed by atoms with van der Waals surface area (Å²) in [5, 5.41) is 5.67. The molecule has 3 amide bonds. The molecule has 2 N–H and O–H groups in total. The monoisotopic (exact) mass is 319 g/mol. The summed E-state index contributed by atoms with van der Waals surface area (Å²) in [5.41, 5.74) is 3.27. The van der Waals surface area contributed by atoms with Crippen molar-refractivity contribution in [3.8, 4) is 5.75 Å². The number of nitrogens with zero attached hydrogens (tertiary/aromatic N) is 1. The van der Waals surface area contributed by atoms with E-state index in [2.05, 4.69) is 10.6 Å². The molecule has 0 aliphatic carbocycles. The smallest absolute Gasteiger partial charge is 0.318 e. The van der Waals surface area contributed by atoms with Gasteiger partial charge >= 0.3 is 6.03 Å². The molecule has 1 heterocycles. The van der Waals surface area contributed by atoms with Crippen LogP contribution in [0.25, 0.3) is 0 Å². The van der Waals surface area contributed by atoms with E-state index < -0.39 is 0 Å². The molecular weight excluding hydrogens is 294 g/mol. The first kappa shape index (κ1) is 17.1. The van der Waals surface area contributed by atoms with Crippen molar-refractivity contribution in [3.63, 3.8) is 0 Å². The average molecular weight is 319 g/mol. The van der Waals surface area contributed by atoms with E-state index in [0.29, 0.717) is 19.7 Å². The summed E-state index contributed by atoms with van der Waals surface area (Å²) < 4.78 is 5.74. The van der Waals surface area contributed by atoms with E-state index in [-0.39, 0.29) is 24.5 Å². The maximum Gasteiger partial charge on any atom is 0.318 e. The Bertz CT molecular complexity index is 601. The molecule has 1 atom stereocenters. The molecule has 0 spiro atoms. The molecule has 0 bridgehead atoms. The van der Waals surface area contributed by atoms with Crippen LogP contribution in [0.1, 0.15) is 36.6 Å². The van der Waals surface area contributed by atoms with Crippen molar-refractivity contribution in [3.05, 3.63) is 28.8 Å². The van der Waals surface area contributed by atoms with Gasteiger partial charge < -0.3 is 20.3 Å². The molecule has 1 aromatic rings. The number of hydrogen-bond acceptors (Lipinski definition) is 3. The van der Waals surface area contributed by atoms with Gasteiger partial charge in [0.2, 0.25) is 5.91 Å². The lowest BCUT2D eigenvalue weighted by Gasteiger charge is -2.23. The maximum absolute atomic E-state index is 12.4. The predicted molar refractivity (Wildman–Crippen MR) is 88.6 cm³/mol. The molecule has 0 fully saturated rings. The standard InChI is InChI=1S/C17H25N3O3/c1-5-18-15(21)9-20(6-2)17(22)19-14-10-23-16-12(4)11(3)7-8-13(14)16/h7-8,14H,5-6,9-10H2,1-4H3,(H,18,21)(H,19,22)/t14-/m0/s1. The van der Waals surface area contributed by atoms with E-state index >= 15 is 0 Å². The molecule has 0 unspecified atom stereocenters. The number of ether oxygens (including phenoxy) is 1. The van der Waals surface area contributed by atoms with Crippen molar-refractivity contribution in [1.82, 2.24) is 15.5 Å². The molecule has 0 aromatic heterocycles. The number of aryl methyl sites for hydroxylation is 1. The zero-order chi connectivity index (χ0) is 17.0. The lowest BCUT2D eigenvalue weighted by atomic mass is 10.0. The first-order valence-corrected chi connectivity index (χ1v) is 8.02.